The van der Waals surface area contributed by atoms with E-state index in [0.717, 1.165) is 16.5 Å². The molecule has 0 nitrogen and oxygen atoms in total. The van der Waals surface area contributed by atoms with Gasteiger partial charge in [-0.15, -0.1) is 22.9 Å². The Balaban J connectivity index is 2.10. The molecule has 1 unspecified atom stereocenters. The first-order valence-electron chi connectivity index (χ1n) is 5.72. The molecule has 0 aliphatic rings. The molecule has 0 radical (unpaired) electrons. The van der Waals surface area contributed by atoms with Crippen molar-refractivity contribution >= 4 is 44.6 Å². The number of halogens is 3. The number of thiophene rings is 1. The first-order chi connectivity index (χ1) is 9.16. The van der Waals surface area contributed by atoms with E-state index in [9.17, 15) is 4.39 Å². The topological polar surface area (TPSA) is 0 Å². The molecule has 96 valence electrons. The van der Waals surface area contributed by atoms with Crippen LogP contribution in [0, 0.1) is 5.82 Å². The van der Waals surface area contributed by atoms with Gasteiger partial charge in [-0.05, 0) is 40.1 Å². The molecule has 2 aromatic carbocycles. The smallest absolute Gasteiger partial charge is 0.124 e. The summed E-state index contributed by atoms with van der Waals surface area (Å²) in [6.07, 6.45) is 0. The molecule has 0 spiro atoms. The third kappa shape index (κ3) is 2.36. The van der Waals surface area contributed by atoms with Crippen molar-refractivity contribution in [3.05, 3.63) is 69.8 Å². The zero-order chi connectivity index (χ0) is 13.4. The Morgan fingerprint density at radius 1 is 1.05 bits per heavy atom. The van der Waals surface area contributed by atoms with Crippen molar-refractivity contribution in [3.8, 4) is 0 Å². The van der Waals surface area contributed by atoms with Gasteiger partial charge in [0.2, 0.25) is 0 Å². The van der Waals surface area contributed by atoms with Gasteiger partial charge in [-0.3, -0.25) is 0 Å². The van der Waals surface area contributed by atoms with Gasteiger partial charge in [-0.1, -0.05) is 35.9 Å². The lowest BCUT2D eigenvalue weighted by molar-refractivity contribution is 0.627. The summed E-state index contributed by atoms with van der Waals surface area (Å²) in [5.41, 5.74) is 1.74. The van der Waals surface area contributed by atoms with Gasteiger partial charge >= 0.3 is 0 Å². The average molecular weight is 311 g/mol. The maximum atomic E-state index is 13.1. The lowest BCUT2D eigenvalue weighted by atomic mass is 10.0. The fourth-order valence-electron chi connectivity index (χ4n) is 2.07. The van der Waals surface area contributed by atoms with Crippen LogP contribution in [0.15, 0.2) is 47.8 Å². The lowest BCUT2D eigenvalue weighted by Gasteiger charge is -2.11. The molecule has 0 saturated heterocycles. The van der Waals surface area contributed by atoms with Gasteiger partial charge < -0.3 is 0 Å². The highest BCUT2D eigenvalue weighted by Gasteiger charge is 2.18. The summed E-state index contributed by atoms with van der Waals surface area (Å²) in [5.74, 6) is -0.354. The number of hydrogen-bond acceptors (Lipinski definition) is 1. The van der Waals surface area contributed by atoms with E-state index in [1.807, 2.05) is 23.6 Å². The van der Waals surface area contributed by atoms with E-state index in [-0.39, 0.29) is 11.2 Å². The van der Waals surface area contributed by atoms with Crippen molar-refractivity contribution in [2.75, 3.05) is 0 Å². The maximum absolute atomic E-state index is 13.1. The number of benzene rings is 2. The van der Waals surface area contributed by atoms with Gasteiger partial charge in [0.25, 0.3) is 0 Å². The standard InChI is InChI=1S/C15H9Cl2FS/c16-13-7-9(18)5-6-11(13)15(17)12-8-19-14-4-2-1-3-10(12)14/h1-8,15H. The zero-order valence-corrected chi connectivity index (χ0v) is 12.1. The first-order valence-corrected chi connectivity index (χ1v) is 7.41. The van der Waals surface area contributed by atoms with E-state index in [1.165, 1.54) is 16.8 Å². The maximum Gasteiger partial charge on any atom is 0.124 e. The second-order valence-corrected chi connectivity index (χ2v) is 5.97. The quantitative estimate of drug-likeness (QED) is 0.507. The number of rotatable bonds is 2. The Morgan fingerprint density at radius 3 is 2.63 bits per heavy atom. The molecule has 3 rings (SSSR count). The van der Waals surface area contributed by atoms with Crippen LogP contribution in [0.1, 0.15) is 16.5 Å². The van der Waals surface area contributed by atoms with Crippen LogP contribution in [0.25, 0.3) is 10.1 Å². The SMILES string of the molecule is Fc1ccc(C(Cl)c2csc3ccccc23)c(Cl)c1. The summed E-state index contributed by atoms with van der Waals surface area (Å²) in [6.45, 7) is 0. The van der Waals surface area contributed by atoms with Crippen LogP contribution in [-0.4, -0.2) is 0 Å². The Hall–Kier alpha value is -1.09. The third-order valence-electron chi connectivity index (χ3n) is 3.02. The van der Waals surface area contributed by atoms with Gasteiger partial charge in [0.1, 0.15) is 5.82 Å². The predicted molar refractivity (Wildman–Crippen MR) is 80.9 cm³/mol. The Kier molecular flexibility index (Phi) is 3.48. The number of fused-ring (bicyclic) bond motifs is 1. The van der Waals surface area contributed by atoms with Crippen LogP contribution in [0.3, 0.4) is 0 Å². The monoisotopic (exact) mass is 310 g/mol. The number of alkyl halides is 1. The van der Waals surface area contributed by atoms with Crippen LogP contribution in [-0.2, 0) is 0 Å². The molecule has 0 saturated carbocycles. The largest absolute Gasteiger partial charge is 0.207 e. The Morgan fingerprint density at radius 2 is 1.84 bits per heavy atom. The fourth-order valence-corrected chi connectivity index (χ4v) is 3.83. The Labute approximate surface area is 124 Å². The minimum Gasteiger partial charge on any atom is -0.207 e. The normalized spacial score (nSPS) is 12.8. The molecule has 1 aromatic heterocycles. The average Bonchev–Trinajstić information content (AvgIpc) is 2.82. The van der Waals surface area contributed by atoms with E-state index in [4.69, 9.17) is 23.2 Å². The highest BCUT2D eigenvalue weighted by molar-refractivity contribution is 7.17. The molecule has 19 heavy (non-hydrogen) atoms. The van der Waals surface area contributed by atoms with Crippen molar-refractivity contribution in [3.63, 3.8) is 0 Å². The van der Waals surface area contributed by atoms with Gasteiger partial charge in [0, 0.05) is 9.72 Å². The van der Waals surface area contributed by atoms with E-state index >= 15 is 0 Å². The third-order valence-corrected chi connectivity index (χ3v) is 4.80. The van der Waals surface area contributed by atoms with Crippen LogP contribution in [0.2, 0.25) is 5.02 Å². The van der Waals surface area contributed by atoms with Crippen molar-refractivity contribution in [1.82, 2.24) is 0 Å². The van der Waals surface area contributed by atoms with Gasteiger partial charge in [-0.2, -0.15) is 0 Å². The molecule has 0 fully saturated rings. The summed E-state index contributed by atoms with van der Waals surface area (Å²) in [4.78, 5) is 0. The van der Waals surface area contributed by atoms with E-state index in [1.54, 1.807) is 17.4 Å². The highest BCUT2D eigenvalue weighted by Crippen LogP contribution is 2.39. The van der Waals surface area contributed by atoms with Crippen LogP contribution < -0.4 is 0 Å². The van der Waals surface area contributed by atoms with E-state index in [2.05, 4.69) is 6.07 Å². The molecule has 4 heteroatoms. The second-order valence-electron chi connectivity index (χ2n) is 4.22. The molecular formula is C15H9Cl2FS. The molecule has 3 aromatic rings. The van der Waals surface area contributed by atoms with Crippen molar-refractivity contribution in [2.24, 2.45) is 0 Å². The fraction of sp³-hybridized carbons (Fsp3) is 0.0667. The minimum atomic E-state index is -0.371. The van der Waals surface area contributed by atoms with E-state index in [0.29, 0.717) is 5.02 Å². The van der Waals surface area contributed by atoms with Crippen molar-refractivity contribution in [1.29, 1.82) is 0 Å². The Bertz CT molecular complexity index is 736. The lowest BCUT2D eigenvalue weighted by Crippen LogP contribution is -1.94. The van der Waals surface area contributed by atoms with Gasteiger partial charge in [-0.25, -0.2) is 4.39 Å². The van der Waals surface area contributed by atoms with Crippen LogP contribution in [0.4, 0.5) is 4.39 Å². The molecule has 1 heterocycles. The predicted octanol–water partition coefficient (Wildman–Crippen LogP) is 6.02. The molecule has 1 atom stereocenters. The van der Waals surface area contributed by atoms with E-state index < -0.39 is 0 Å². The van der Waals surface area contributed by atoms with Crippen molar-refractivity contribution in [2.45, 2.75) is 5.38 Å². The summed E-state index contributed by atoms with van der Waals surface area (Å²) in [5, 5.41) is 3.13. The summed E-state index contributed by atoms with van der Waals surface area (Å²) >= 11 is 14.2. The zero-order valence-electron chi connectivity index (χ0n) is 9.74. The molecule has 0 amide bonds. The van der Waals surface area contributed by atoms with Crippen LogP contribution >= 0.6 is 34.5 Å². The molecule has 0 N–H and O–H groups in total. The van der Waals surface area contributed by atoms with Gasteiger partial charge in [0.15, 0.2) is 0 Å². The minimum absolute atomic E-state index is 0.354. The highest BCUT2D eigenvalue weighted by atomic mass is 35.5. The van der Waals surface area contributed by atoms with Crippen LogP contribution in [0.5, 0.6) is 0 Å². The van der Waals surface area contributed by atoms with Gasteiger partial charge in [0.05, 0.1) is 5.38 Å². The van der Waals surface area contributed by atoms with Crippen molar-refractivity contribution < 1.29 is 4.39 Å². The number of hydrogen-bond donors (Lipinski definition) is 0. The molecule has 0 aliphatic carbocycles. The summed E-state index contributed by atoms with van der Waals surface area (Å²) in [6, 6.07) is 12.4. The molecule has 0 bridgehead atoms. The molecule has 0 aliphatic heterocycles. The molecular weight excluding hydrogens is 302 g/mol. The first kappa shape index (κ1) is 12.9. The summed E-state index contributed by atoms with van der Waals surface area (Å²) in [7, 11) is 0. The second kappa shape index (κ2) is 5.12. The summed E-state index contributed by atoms with van der Waals surface area (Å²) < 4.78 is 14.3.